The second-order valence-corrected chi connectivity index (χ2v) is 7.16. The van der Waals surface area contributed by atoms with Crippen molar-refractivity contribution < 1.29 is 9.53 Å². The fourth-order valence-corrected chi connectivity index (χ4v) is 3.55. The lowest BCUT2D eigenvalue weighted by molar-refractivity contribution is 0.0730. The van der Waals surface area contributed by atoms with Gasteiger partial charge in [-0.2, -0.15) is 0 Å². The van der Waals surface area contributed by atoms with Crippen LogP contribution in [0.2, 0.25) is 0 Å². The maximum absolute atomic E-state index is 13.4. The second kappa shape index (κ2) is 10.0. The monoisotopic (exact) mass is 394 g/mol. The summed E-state index contributed by atoms with van der Waals surface area (Å²) in [6.45, 7) is 6.27. The molecule has 0 atom stereocenters. The van der Waals surface area contributed by atoms with Crippen LogP contribution in [-0.2, 0) is 13.1 Å². The number of aryl methyl sites for hydroxylation is 1. The molecule has 0 unspecified atom stereocenters. The number of unbranched alkanes of at least 4 members (excludes halogenated alkanes) is 2. The van der Waals surface area contributed by atoms with E-state index in [0.717, 1.165) is 49.2 Å². The van der Waals surface area contributed by atoms with E-state index in [1.807, 2.05) is 41.3 Å². The van der Waals surface area contributed by atoms with Crippen LogP contribution < -0.4 is 4.74 Å². The fraction of sp³-hybridized carbons (Fsp3) is 0.435. The molecule has 3 aromatic rings. The average molecular weight is 395 g/mol. The summed E-state index contributed by atoms with van der Waals surface area (Å²) in [5.74, 6) is 1.45. The van der Waals surface area contributed by atoms with Crippen molar-refractivity contribution >= 4 is 17.1 Å². The van der Waals surface area contributed by atoms with E-state index in [0.29, 0.717) is 24.4 Å². The van der Waals surface area contributed by atoms with Crippen LogP contribution in [0.3, 0.4) is 0 Å². The van der Waals surface area contributed by atoms with Gasteiger partial charge in [0.1, 0.15) is 17.1 Å². The van der Waals surface area contributed by atoms with Crippen molar-refractivity contribution in [1.82, 2.24) is 19.4 Å². The highest BCUT2D eigenvalue weighted by Gasteiger charge is 2.22. The zero-order valence-electron chi connectivity index (χ0n) is 17.6. The SMILES string of the molecule is CCCCCN(Cc1nc2cccnc2n1CCC)C(=O)c1ccccc1OC. The van der Waals surface area contributed by atoms with Gasteiger partial charge in [-0.15, -0.1) is 0 Å². The molecule has 0 spiro atoms. The predicted molar refractivity (Wildman–Crippen MR) is 115 cm³/mol. The van der Waals surface area contributed by atoms with Crippen molar-refractivity contribution in [3.8, 4) is 5.75 Å². The molecule has 0 aliphatic rings. The van der Waals surface area contributed by atoms with Gasteiger partial charge >= 0.3 is 0 Å². The van der Waals surface area contributed by atoms with Gasteiger partial charge in [-0.25, -0.2) is 9.97 Å². The van der Waals surface area contributed by atoms with Gasteiger partial charge in [-0.05, 0) is 37.1 Å². The largest absolute Gasteiger partial charge is 0.496 e. The quantitative estimate of drug-likeness (QED) is 0.468. The number of pyridine rings is 1. The number of hydrogen-bond acceptors (Lipinski definition) is 4. The molecular weight excluding hydrogens is 364 g/mol. The number of imidazole rings is 1. The molecule has 0 fully saturated rings. The highest BCUT2D eigenvalue weighted by atomic mass is 16.5. The molecule has 0 radical (unpaired) electrons. The van der Waals surface area contributed by atoms with Crippen molar-refractivity contribution in [3.05, 3.63) is 54.0 Å². The minimum absolute atomic E-state index is 0.0263. The molecule has 6 heteroatoms. The van der Waals surface area contributed by atoms with Gasteiger partial charge in [0.2, 0.25) is 0 Å². The summed E-state index contributed by atoms with van der Waals surface area (Å²) in [6, 6.07) is 11.3. The smallest absolute Gasteiger partial charge is 0.258 e. The van der Waals surface area contributed by atoms with E-state index < -0.39 is 0 Å². The molecule has 6 nitrogen and oxygen atoms in total. The predicted octanol–water partition coefficient (Wildman–Crippen LogP) is 4.68. The first kappa shape index (κ1) is 20.8. The third-order valence-electron chi connectivity index (χ3n) is 5.02. The Balaban J connectivity index is 1.94. The van der Waals surface area contributed by atoms with E-state index >= 15 is 0 Å². The lowest BCUT2D eigenvalue weighted by atomic mass is 10.1. The highest BCUT2D eigenvalue weighted by Crippen LogP contribution is 2.22. The van der Waals surface area contributed by atoms with E-state index in [-0.39, 0.29) is 5.91 Å². The Morgan fingerprint density at radius 2 is 1.93 bits per heavy atom. The maximum Gasteiger partial charge on any atom is 0.258 e. The Labute approximate surface area is 172 Å². The van der Waals surface area contributed by atoms with Crippen molar-refractivity contribution in [2.75, 3.05) is 13.7 Å². The Morgan fingerprint density at radius 3 is 2.69 bits per heavy atom. The minimum Gasteiger partial charge on any atom is -0.496 e. The Morgan fingerprint density at radius 1 is 1.10 bits per heavy atom. The number of rotatable bonds is 10. The summed E-state index contributed by atoms with van der Waals surface area (Å²) in [4.78, 5) is 24.6. The number of carbonyl (C=O) groups is 1. The number of para-hydroxylation sites is 1. The molecule has 0 N–H and O–H groups in total. The van der Waals surface area contributed by atoms with Gasteiger partial charge in [-0.1, -0.05) is 38.8 Å². The minimum atomic E-state index is -0.0263. The number of methoxy groups -OCH3 is 1. The van der Waals surface area contributed by atoms with Gasteiger partial charge in [0, 0.05) is 19.3 Å². The van der Waals surface area contributed by atoms with Crippen LogP contribution in [0.4, 0.5) is 0 Å². The van der Waals surface area contributed by atoms with Gasteiger partial charge < -0.3 is 14.2 Å². The first-order valence-corrected chi connectivity index (χ1v) is 10.4. The van der Waals surface area contributed by atoms with Crippen LogP contribution in [-0.4, -0.2) is 39.0 Å². The zero-order chi connectivity index (χ0) is 20.6. The molecular formula is C23H30N4O2. The van der Waals surface area contributed by atoms with E-state index in [2.05, 4.69) is 23.4 Å². The molecule has 154 valence electrons. The Hall–Kier alpha value is -2.89. The molecule has 1 amide bonds. The van der Waals surface area contributed by atoms with Crippen molar-refractivity contribution in [2.24, 2.45) is 0 Å². The summed E-state index contributed by atoms with van der Waals surface area (Å²) >= 11 is 0. The third kappa shape index (κ3) is 4.75. The fourth-order valence-electron chi connectivity index (χ4n) is 3.55. The molecule has 0 saturated carbocycles. The standard InChI is InChI=1S/C23H30N4O2/c1-4-6-9-16-26(23(28)18-11-7-8-13-20(18)29-3)17-21-25-19-12-10-14-24-22(19)27(21)15-5-2/h7-8,10-14H,4-6,9,15-17H2,1-3H3. The highest BCUT2D eigenvalue weighted by molar-refractivity contribution is 5.96. The zero-order valence-corrected chi connectivity index (χ0v) is 17.6. The summed E-state index contributed by atoms with van der Waals surface area (Å²) in [7, 11) is 1.60. The molecule has 0 aliphatic carbocycles. The summed E-state index contributed by atoms with van der Waals surface area (Å²) in [5.41, 5.74) is 2.33. The molecule has 3 rings (SSSR count). The lowest BCUT2D eigenvalue weighted by Gasteiger charge is -2.24. The van der Waals surface area contributed by atoms with Gasteiger partial charge in [-0.3, -0.25) is 4.79 Å². The average Bonchev–Trinajstić information content (AvgIpc) is 3.10. The van der Waals surface area contributed by atoms with Crippen molar-refractivity contribution in [3.63, 3.8) is 0 Å². The summed E-state index contributed by atoms with van der Waals surface area (Å²) in [5, 5.41) is 0. The molecule has 2 aromatic heterocycles. The summed E-state index contributed by atoms with van der Waals surface area (Å²) in [6.07, 6.45) is 5.92. The van der Waals surface area contributed by atoms with Gasteiger partial charge in [0.15, 0.2) is 5.65 Å². The van der Waals surface area contributed by atoms with Crippen molar-refractivity contribution in [2.45, 2.75) is 52.6 Å². The Bertz CT molecular complexity index is 951. The molecule has 0 bridgehead atoms. The molecule has 0 saturated heterocycles. The molecule has 1 aromatic carbocycles. The van der Waals surface area contributed by atoms with E-state index in [4.69, 9.17) is 9.72 Å². The van der Waals surface area contributed by atoms with E-state index in [1.54, 1.807) is 13.3 Å². The van der Waals surface area contributed by atoms with Crippen LogP contribution in [0.1, 0.15) is 55.7 Å². The lowest BCUT2D eigenvalue weighted by Crippen LogP contribution is -2.33. The van der Waals surface area contributed by atoms with Crippen LogP contribution in [0.25, 0.3) is 11.2 Å². The van der Waals surface area contributed by atoms with Crippen LogP contribution in [0.5, 0.6) is 5.75 Å². The Kier molecular flexibility index (Phi) is 7.22. The maximum atomic E-state index is 13.4. The number of hydrogen-bond donors (Lipinski definition) is 0. The van der Waals surface area contributed by atoms with Gasteiger partial charge in [0.05, 0.1) is 19.2 Å². The van der Waals surface area contributed by atoms with Crippen molar-refractivity contribution in [1.29, 1.82) is 0 Å². The second-order valence-electron chi connectivity index (χ2n) is 7.16. The normalized spacial score (nSPS) is 11.0. The number of ether oxygens (including phenoxy) is 1. The first-order chi connectivity index (χ1) is 14.2. The van der Waals surface area contributed by atoms with Crippen LogP contribution in [0, 0.1) is 0 Å². The van der Waals surface area contributed by atoms with Crippen LogP contribution in [0.15, 0.2) is 42.6 Å². The van der Waals surface area contributed by atoms with Crippen LogP contribution >= 0.6 is 0 Å². The summed E-state index contributed by atoms with van der Waals surface area (Å²) < 4.78 is 7.56. The first-order valence-electron chi connectivity index (χ1n) is 10.4. The van der Waals surface area contributed by atoms with E-state index in [1.165, 1.54) is 0 Å². The number of benzene rings is 1. The number of nitrogens with zero attached hydrogens (tertiary/aromatic N) is 4. The topological polar surface area (TPSA) is 60.2 Å². The number of fused-ring (bicyclic) bond motifs is 1. The number of carbonyl (C=O) groups excluding carboxylic acids is 1. The number of aromatic nitrogens is 3. The molecule has 29 heavy (non-hydrogen) atoms. The van der Waals surface area contributed by atoms with E-state index in [9.17, 15) is 4.79 Å². The van der Waals surface area contributed by atoms with Gasteiger partial charge in [0.25, 0.3) is 5.91 Å². The third-order valence-corrected chi connectivity index (χ3v) is 5.02. The molecule has 2 heterocycles. The molecule has 0 aliphatic heterocycles. The number of amides is 1.